The van der Waals surface area contributed by atoms with Gasteiger partial charge in [-0.05, 0) is 35.9 Å². The van der Waals surface area contributed by atoms with E-state index in [1.54, 1.807) is 6.07 Å². The average molecular weight is 309 g/mol. The highest BCUT2D eigenvalue weighted by molar-refractivity contribution is 9.10. The van der Waals surface area contributed by atoms with E-state index < -0.39 is 0 Å². The van der Waals surface area contributed by atoms with Crippen molar-refractivity contribution >= 4 is 27.3 Å². The predicted octanol–water partition coefficient (Wildman–Crippen LogP) is 3.81. The van der Waals surface area contributed by atoms with E-state index in [1.165, 1.54) is 12.1 Å². The van der Waals surface area contributed by atoms with Crippen LogP contribution in [0, 0.1) is 5.82 Å². The first-order chi connectivity index (χ1) is 8.56. The van der Waals surface area contributed by atoms with E-state index in [1.807, 2.05) is 30.1 Å². The number of nitrogens with two attached hydrogens (primary N) is 1. The molecule has 2 nitrogen and oxygen atoms in total. The van der Waals surface area contributed by atoms with Crippen molar-refractivity contribution in [3.8, 4) is 0 Å². The van der Waals surface area contributed by atoms with Gasteiger partial charge in [-0.3, -0.25) is 0 Å². The van der Waals surface area contributed by atoms with Gasteiger partial charge in [0.2, 0.25) is 0 Å². The minimum Gasteiger partial charge on any atom is -0.397 e. The lowest BCUT2D eigenvalue weighted by Gasteiger charge is -2.21. The predicted molar refractivity (Wildman–Crippen MR) is 77.1 cm³/mol. The van der Waals surface area contributed by atoms with Crippen LogP contribution in [0.1, 0.15) is 5.56 Å². The van der Waals surface area contributed by atoms with Crippen LogP contribution >= 0.6 is 15.9 Å². The first kappa shape index (κ1) is 12.9. The molecule has 0 fully saturated rings. The van der Waals surface area contributed by atoms with Crippen LogP contribution in [0.4, 0.5) is 15.8 Å². The molecule has 0 radical (unpaired) electrons. The van der Waals surface area contributed by atoms with E-state index in [2.05, 4.69) is 22.0 Å². The fourth-order valence-corrected chi connectivity index (χ4v) is 2.31. The van der Waals surface area contributed by atoms with Crippen molar-refractivity contribution in [2.75, 3.05) is 17.7 Å². The summed E-state index contributed by atoms with van der Waals surface area (Å²) >= 11 is 3.44. The Hall–Kier alpha value is -1.55. The number of benzene rings is 2. The molecule has 0 aliphatic carbocycles. The van der Waals surface area contributed by atoms with E-state index in [9.17, 15) is 4.39 Å². The van der Waals surface area contributed by atoms with Crippen molar-refractivity contribution in [2.24, 2.45) is 0 Å². The maximum atomic E-state index is 13.0. The summed E-state index contributed by atoms with van der Waals surface area (Å²) in [5.74, 6) is -0.313. The van der Waals surface area contributed by atoms with Gasteiger partial charge in [0, 0.05) is 18.1 Å². The number of hydrogen-bond donors (Lipinski definition) is 1. The first-order valence-electron chi connectivity index (χ1n) is 5.57. The van der Waals surface area contributed by atoms with Crippen LogP contribution in [0.2, 0.25) is 0 Å². The molecule has 0 saturated heterocycles. The molecule has 0 bridgehead atoms. The summed E-state index contributed by atoms with van der Waals surface area (Å²) in [6.07, 6.45) is 0. The molecule has 0 aliphatic heterocycles. The van der Waals surface area contributed by atoms with Crippen molar-refractivity contribution in [2.45, 2.75) is 6.54 Å². The quantitative estimate of drug-likeness (QED) is 0.874. The molecule has 0 atom stereocenters. The van der Waals surface area contributed by atoms with E-state index in [0.717, 1.165) is 22.3 Å². The van der Waals surface area contributed by atoms with Gasteiger partial charge in [0.1, 0.15) is 5.82 Å². The molecule has 0 heterocycles. The molecule has 0 saturated carbocycles. The molecule has 94 valence electrons. The highest BCUT2D eigenvalue weighted by atomic mass is 79.9. The summed E-state index contributed by atoms with van der Waals surface area (Å²) in [5.41, 5.74) is 8.26. The van der Waals surface area contributed by atoms with Gasteiger partial charge < -0.3 is 10.6 Å². The van der Waals surface area contributed by atoms with E-state index in [0.29, 0.717) is 5.69 Å². The monoisotopic (exact) mass is 308 g/mol. The topological polar surface area (TPSA) is 29.3 Å². The van der Waals surface area contributed by atoms with E-state index >= 15 is 0 Å². The highest BCUT2D eigenvalue weighted by Gasteiger charge is 2.07. The average Bonchev–Trinajstić information content (AvgIpc) is 2.28. The minimum absolute atomic E-state index is 0.313. The zero-order chi connectivity index (χ0) is 13.1. The van der Waals surface area contributed by atoms with Crippen molar-refractivity contribution in [1.82, 2.24) is 0 Å². The Kier molecular flexibility index (Phi) is 3.87. The fraction of sp³-hybridized carbons (Fsp3) is 0.143. The zero-order valence-electron chi connectivity index (χ0n) is 10.0. The molecule has 2 aromatic carbocycles. The van der Waals surface area contributed by atoms with Crippen LogP contribution < -0.4 is 10.6 Å². The van der Waals surface area contributed by atoms with Crippen LogP contribution in [0.5, 0.6) is 0 Å². The highest BCUT2D eigenvalue weighted by Crippen LogP contribution is 2.24. The Morgan fingerprint density at radius 2 is 2.00 bits per heavy atom. The zero-order valence-corrected chi connectivity index (χ0v) is 11.6. The maximum absolute atomic E-state index is 13.0. The summed E-state index contributed by atoms with van der Waals surface area (Å²) in [7, 11) is 1.94. The normalized spacial score (nSPS) is 10.4. The fourth-order valence-electron chi connectivity index (χ4n) is 1.87. The van der Waals surface area contributed by atoms with Crippen molar-refractivity contribution < 1.29 is 4.39 Å². The van der Waals surface area contributed by atoms with Gasteiger partial charge in [0.05, 0.1) is 11.4 Å². The van der Waals surface area contributed by atoms with Crippen LogP contribution in [-0.2, 0) is 6.54 Å². The summed E-state index contributed by atoms with van der Waals surface area (Å²) in [6, 6.07) is 12.5. The lowest BCUT2D eigenvalue weighted by molar-refractivity contribution is 0.628. The first-order valence-corrected chi connectivity index (χ1v) is 6.36. The molecule has 2 rings (SSSR count). The van der Waals surface area contributed by atoms with Crippen LogP contribution in [-0.4, -0.2) is 7.05 Å². The Balaban J connectivity index is 2.19. The number of nitrogen functional groups attached to an aromatic ring is 1. The van der Waals surface area contributed by atoms with Crippen molar-refractivity contribution in [3.05, 3.63) is 58.3 Å². The molecule has 0 aromatic heterocycles. The lowest BCUT2D eigenvalue weighted by atomic mass is 10.2. The number of halogens is 2. The van der Waals surface area contributed by atoms with Crippen LogP contribution in [0.15, 0.2) is 46.9 Å². The number of hydrogen-bond acceptors (Lipinski definition) is 2. The van der Waals surface area contributed by atoms with Gasteiger partial charge in [-0.25, -0.2) is 4.39 Å². The molecule has 0 spiro atoms. The minimum atomic E-state index is -0.313. The summed E-state index contributed by atoms with van der Waals surface area (Å²) in [6.45, 7) is 0.718. The van der Waals surface area contributed by atoms with Crippen molar-refractivity contribution in [1.29, 1.82) is 0 Å². The standard InChI is InChI=1S/C14H14BrFN2/c1-18(9-10-3-2-4-11(15)7-10)14-6-5-12(16)8-13(14)17/h2-8H,9,17H2,1H3. The molecule has 0 unspecified atom stereocenters. The SMILES string of the molecule is CN(Cc1cccc(Br)c1)c1ccc(F)cc1N. The third-order valence-corrected chi connectivity index (χ3v) is 3.20. The largest absolute Gasteiger partial charge is 0.397 e. The van der Waals surface area contributed by atoms with Gasteiger partial charge in [-0.15, -0.1) is 0 Å². The van der Waals surface area contributed by atoms with E-state index in [-0.39, 0.29) is 5.82 Å². The van der Waals surface area contributed by atoms with Gasteiger partial charge in [-0.1, -0.05) is 28.1 Å². The summed E-state index contributed by atoms with van der Waals surface area (Å²) < 4.78 is 14.0. The number of rotatable bonds is 3. The molecular weight excluding hydrogens is 295 g/mol. The van der Waals surface area contributed by atoms with Crippen LogP contribution in [0.25, 0.3) is 0 Å². The Labute approximate surface area is 114 Å². The maximum Gasteiger partial charge on any atom is 0.125 e. The number of nitrogens with zero attached hydrogens (tertiary/aromatic N) is 1. The molecule has 2 N–H and O–H groups in total. The van der Waals surface area contributed by atoms with E-state index in [4.69, 9.17) is 5.73 Å². The molecular formula is C14H14BrFN2. The lowest BCUT2D eigenvalue weighted by Crippen LogP contribution is -2.17. The Morgan fingerprint density at radius 3 is 2.67 bits per heavy atom. The molecule has 2 aromatic rings. The second kappa shape index (κ2) is 5.40. The van der Waals surface area contributed by atoms with Gasteiger partial charge in [0.25, 0.3) is 0 Å². The molecule has 18 heavy (non-hydrogen) atoms. The van der Waals surface area contributed by atoms with Gasteiger partial charge >= 0.3 is 0 Å². The third kappa shape index (κ3) is 3.01. The summed E-state index contributed by atoms with van der Waals surface area (Å²) in [4.78, 5) is 2.00. The number of anilines is 2. The summed E-state index contributed by atoms with van der Waals surface area (Å²) in [5, 5.41) is 0. The third-order valence-electron chi connectivity index (χ3n) is 2.71. The Morgan fingerprint density at radius 1 is 1.22 bits per heavy atom. The van der Waals surface area contributed by atoms with Gasteiger partial charge in [-0.2, -0.15) is 0 Å². The Bertz CT molecular complexity index is 557. The van der Waals surface area contributed by atoms with Gasteiger partial charge in [0.15, 0.2) is 0 Å². The smallest absolute Gasteiger partial charge is 0.125 e. The van der Waals surface area contributed by atoms with Crippen LogP contribution in [0.3, 0.4) is 0 Å². The van der Waals surface area contributed by atoms with Crippen molar-refractivity contribution in [3.63, 3.8) is 0 Å². The molecule has 4 heteroatoms. The second-order valence-electron chi connectivity index (χ2n) is 4.19. The molecule has 0 amide bonds. The second-order valence-corrected chi connectivity index (χ2v) is 5.10. The molecule has 0 aliphatic rings.